The lowest BCUT2D eigenvalue weighted by molar-refractivity contribution is -0.132. The van der Waals surface area contributed by atoms with E-state index in [-0.39, 0.29) is 11.8 Å². The van der Waals surface area contributed by atoms with Crippen LogP contribution in [-0.4, -0.2) is 58.5 Å². The van der Waals surface area contributed by atoms with Crippen LogP contribution in [0.3, 0.4) is 0 Å². The molecule has 1 aliphatic heterocycles. The van der Waals surface area contributed by atoms with Gasteiger partial charge in [-0.25, -0.2) is 0 Å². The second-order valence-electron chi connectivity index (χ2n) is 6.07. The van der Waals surface area contributed by atoms with E-state index in [0.717, 1.165) is 12.0 Å². The minimum Gasteiger partial charge on any atom is -0.347 e. The molecule has 0 unspecified atom stereocenters. The van der Waals surface area contributed by atoms with Crippen LogP contribution in [0.15, 0.2) is 30.3 Å². The van der Waals surface area contributed by atoms with E-state index in [1.54, 1.807) is 37.2 Å². The topological polar surface area (TPSA) is 69.3 Å². The summed E-state index contributed by atoms with van der Waals surface area (Å²) >= 11 is 6.00. The van der Waals surface area contributed by atoms with E-state index < -0.39 is 6.04 Å². The number of aromatic nitrogens is 2. The first kappa shape index (κ1) is 16.5. The predicted octanol–water partition coefficient (Wildman–Crippen LogP) is 2.42. The molecule has 1 aliphatic rings. The number of carbonyl (C=O) groups excluding carboxylic acids is 2. The van der Waals surface area contributed by atoms with Crippen LogP contribution in [0.2, 0.25) is 5.02 Å². The summed E-state index contributed by atoms with van der Waals surface area (Å²) in [6.45, 7) is 0.578. The lowest BCUT2D eigenvalue weighted by atomic mass is 10.1. The molecular formula is C17H19ClN4O2. The highest BCUT2D eigenvalue weighted by Gasteiger charge is 2.35. The minimum absolute atomic E-state index is 0.0459. The van der Waals surface area contributed by atoms with E-state index >= 15 is 0 Å². The lowest BCUT2D eigenvalue weighted by Crippen LogP contribution is -2.45. The van der Waals surface area contributed by atoms with E-state index in [1.807, 2.05) is 12.1 Å². The van der Waals surface area contributed by atoms with Crippen molar-refractivity contribution in [3.63, 3.8) is 0 Å². The fourth-order valence-corrected chi connectivity index (χ4v) is 3.14. The van der Waals surface area contributed by atoms with Crippen molar-refractivity contribution in [1.29, 1.82) is 0 Å². The molecule has 1 saturated heterocycles. The van der Waals surface area contributed by atoms with Crippen LogP contribution in [0.5, 0.6) is 0 Å². The first-order valence-electron chi connectivity index (χ1n) is 7.81. The summed E-state index contributed by atoms with van der Waals surface area (Å²) in [5.41, 5.74) is 1.86. The van der Waals surface area contributed by atoms with Gasteiger partial charge in [0.05, 0.1) is 5.69 Å². The first-order chi connectivity index (χ1) is 11.5. The van der Waals surface area contributed by atoms with Gasteiger partial charge >= 0.3 is 0 Å². The van der Waals surface area contributed by atoms with E-state index in [0.29, 0.717) is 29.4 Å². The van der Waals surface area contributed by atoms with Crippen molar-refractivity contribution in [1.82, 2.24) is 20.0 Å². The lowest BCUT2D eigenvalue weighted by Gasteiger charge is -2.25. The Balaban J connectivity index is 1.82. The number of hydrogen-bond acceptors (Lipinski definition) is 3. The highest BCUT2D eigenvalue weighted by Crippen LogP contribution is 2.24. The third-order valence-electron chi connectivity index (χ3n) is 4.17. The third-order valence-corrected chi connectivity index (χ3v) is 4.40. The van der Waals surface area contributed by atoms with Gasteiger partial charge in [-0.15, -0.1) is 0 Å². The number of nitrogens with zero attached hydrogens (tertiary/aromatic N) is 3. The summed E-state index contributed by atoms with van der Waals surface area (Å²) < 4.78 is 0. The number of rotatable bonds is 3. The molecule has 1 N–H and O–H groups in total. The van der Waals surface area contributed by atoms with Crippen molar-refractivity contribution < 1.29 is 9.59 Å². The first-order valence-corrected chi connectivity index (χ1v) is 8.18. The average molecular weight is 347 g/mol. The Kier molecular flexibility index (Phi) is 4.57. The quantitative estimate of drug-likeness (QED) is 0.928. The zero-order valence-corrected chi connectivity index (χ0v) is 14.4. The summed E-state index contributed by atoms with van der Waals surface area (Å²) in [5, 5.41) is 7.59. The predicted molar refractivity (Wildman–Crippen MR) is 91.8 cm³/mol. The number of H-pyrrole nitrogens is 1. The van der Waals surface area contributed by atoms with Gasteiger partial charge in [-0.2, -0.15) is 5.10 Å². The molecule has 24 heavy (non-hydrogen) atoms. The Morgan fingerprint density at radius 1 is 1.33 bits per heavy atom. The Labute approximate surface area is 145 Å². The summed E-state index contributed by atoms with van der Waals surface area (Å²) in [6, 6.07) is 8.59. The molecule has 0 aliphatic carbocycles. The van der Waals surface area contributed by atoms with Gasteiger partial charge in [0.25, 0.3) is 5.91 Å². The van der Waals surface area contributed by atoms with Crippen molar-refractivity contribution >= 4 is 23.4 Å². The number of nitrogens with one attached hydrogen (secondary N) is 1. The van der Waals surface area contributed by atoms with Crippen molar-refractivity contribution in [2.45, 2.75) is 18.9 Å². The van der Waals surface area contributed by atoms with Crippen LogP contribution in [0.4, 0.5) is 0 Å². The SMILES string of the molecule is CN(C)C(=O)[C@H]1CCCN1C(=O)c1cc(-c2cccc(Cl)c2)n[nH]1. The van der Waals surface area contributed by atoms with Crippen molar-refractivity contribution in [2.75, 3.05) is 20.6 Å². The Morgan fingerprint density at radius 2 is 2.12 bits per heavy atom. The maximum atomic E-state index is 12.8. The monoisotopic (exact) mass is 346 g/mol. The molecule has 126 valence electrons. The van der Waals surface area contributed by atoms with E-state index in [2.05, 4.69) is 10.2 Å². The number of likely N-dealkylation sites (N-methyl/N-ethyl adjacent to an activating group) is 1. The number of hydrogen-bond donors (Lipinski definition) is 1. The number of likely N-dealkylation sites (tertiary alicyclic amines) is 1. The maximum Gasteiger partial charge on any atom is 0.272 e. The number of carbonyl (C=O) groups is 2. The standard InChI is InChI=1S/C17H19ClN4O2/c1-21(2)17(24)15-7-4-8-22(15)16(23)14-10-13(19-20-14)11-5-3-6-12(18)9-11/h3,5-6,9-10,15H,4,7-8H2,1-2H3,(H,19,20)/t15-/m1/s1. The van der Waals surface area contributed by atoms with E-state index in [9.17, 15) is 9.59 Å². The molecule has 0 saturated carbocycles. The smallest absolute Gasteiger partial charge is 0.272 e. The number of benzene rings is 1. The summed E-state index contributed by atoms with van der Waals surface area (Å²) in [4.78, 5) is 28.2. The van der Waals surface area contributed by atoms with Gasteiger partial charge < -0.3 is 9.80 Å². The highest BCUT2D eigenvalue weighted by atomic mass is 35.5. The van der Waals surface area contributed by atoms with E-state index in [1.165, 1.54) is 4.90 Å². The molecule has 2 heterocycles. The van der Waals surface area contributed by atoms with Crippen molar-refractivity contribution in [2.24, 2.45) is 0 Å². The van der Waals surface area contributed by atoms with Gasteiger partial charge in [-0.05, 0) is 31.0 Å². The fourth-order valence-electron chi connectivity index (χ4n) is 2.95. The van der Waals surface area contributed by atoms with Crippen LogP contribution in [0, 0.1) is 0 Å². The van der Waals surface area contributed by atoms with Gasteiger partial charge in [-0.1, -0.05) is 23.7 Å². The molecule has 1 atom stereocenters. The molecule has 7 heteroatoms. The van der Waals surface area contributed by atoms with Crippen LogP contribution < -0.4 is 0 Å². The molecule has 3 rings (SSSR count). The van der Waals surface area contributed by atoms with Gasteiger partial charge in [0.1, 0.15) is 11.7 Å². The molecule has 2 amide bonds. The zero-order valence-electron chi connectivity index (χ0n) is 13.6. The van der Waals surface area contributed by atoms with Crippen LogP contribution in [-0.2, 0) is 4.79 Å². The summed E-state index contributed by atoms with van der Waals surface area (Å²) in [5.74, 6) is -0.246. The van der Waals surface area contributed by atoms with E-state index in [4.69, 9.17) is 11.6 Å². The molecule has 2 aromatic rings. The minimum atomic E-state index is -0.398. The molecule has 0 bridgehead atoms. The Bertz CT molecular complexity index is 771. The van der Waals surface area contributed by atoms with Crippen molar-refractivity contribution in [3.05, 3.63) is 41.0 Å². The number of halogens is 1. The second kappa shape index (κ2) is 6.65. The molecule has 1 aromatic carbocycles. The average Bonchev–Trinajstić information content (AvgIpc) is 3.23. The molecule has 0 radical (unpaired) electrons. The number of amides is 2. The van der Waals surface area contributed by atoms with Gasteiger partial charge in [0.2, 0.25) is 5.91 Å². The molecule has 6 nitrogen and oxygen atoms in total. The zero-order chi connectivity index (χ0) is 17.3. The van der Waals surface area contributed by atoms with Crippen LogP contribution >= 0.6 is 11.6 Å². The third kappa shape index (κ3) is 3.14. The molecule has 0 spiro atoms. The Hall–Kier alpha value is -2.34. The summed E-state index contributed by atoms with van der Waals surface area (Å²) in [6.07, 6.45) is 1.52. The molecule has 1 aromatic heterocycles. The van der Waals surface area contributed by atoms with Crippen molar-refractivity contribution in [3.8, 4) is 11.3 Å². The molecular weight excluding hydrogens is 328 g/mol. The normalized spacial score (nSPS) is 17.1. The van der Waals surface area contributed by atoms with Gasteiger partial charge in [-0.3, -0.25) is 14.7 Å². The van der Waals surface area contributed by atoms with Gasteiger partial charge in [0, 0.05) is 31.2 Å². The molecule has 1 fully saturated rings. The van der Waals surface area contributed by atoms with Gasteiger partial charge in [0.15, 0.2) is 0 Å². The Morgan fingerprint density at radius 3 is 2.83 bits per heavy atom. The second-order valence-corrected chi connectivity index (χ2v) is 6.50. The van der Waals surface area contributed by atoms with Crippen LogP contribution in [0.1, 0.15) is 23.3 Å². The largest absolute Gasteiger partial charge is 0.347 e. The highest BCUT2D eigenvalue weighted by molar-refractivity contribution is 6.30. The fraction of sp³-hybridized carbons (Fsp3) is 0.353. The maximum absolute atomic E-state index is 12.8. The summed E-state index contributed by atoms with van der Waals surface area (Å²) in [7, 11) is 3.41. The number of aromatic amines is 1. The van der Waals surface area contributed by atoms with Crippen LogP contribution in [0.25, 0.3) is 11.3 Å².